The van der Waals surface area contributed by atoms with Crippen LogP contribution in [0.5, 0.6) is 5.75 Å². The van der Waals surface area contributed by atoms with Gasteiger partial charge in [-0.15, -0.1) is 0 Å². The largest absolute Gasteiger partial charge is 0.543 e. The van der Waals surface area contributed by atoms with Crippen LogP contribution in [0.25, 0.3) is 0 Å². The number of anilines is 5. The number of nitrogens with zero attached hydrogens (tertiary/aromatic N) is 3. The van der Waals surface area contributed by atoms with E-state index in [0.29, 0.717) is 53.8 Å². The summed E-state index contributed by atoms with van der Waals surface area (Å²) in [5, 5.41) is 19.0. The summed E-state index contributed by atoms with van der Waals surface area (Å²) >= 11 is 0. The zero-order valence-electron chi connectivity index (χ0n) is 29.3. The molecule has 0 fully saturated rings. The zero-order valence-corrected chi connectivity index (χ0v) is 30.3. The molecule has 254 valence electrons. The quantitative estimate of drug-likeness (QED) is 0.159. The fraction of sp³-hybridized carbons (Fsp3) is 0.457. The Hall–Kier alpha value is -4.16. The summed E-state index contributed by atoms with van der Waals surface area (Å²) in [5.41, 5.74) is 3.25. The van der Waals surface area contributed by atoms with Gasteiger partial charge in [0.25, 0.3) is 5.91 Å². The van der Waals surface area contributed by atoms with E-state index in [1.165, 1.54) is 11.0 Å². The van der Waals surface area contributed by atoms with Crippen LogP contribution >= 0.6 is 0 Å². The number of aromatic nitrogens is 1. The summed E-state index contributed by atoms with van der Waals surface area (Å²) in [5.74, 6) is 0.104. The molecule has 0 bridgehead atoms. The van der Waals surface area contributed by atoms with Gasteiger partial charge in [-0.1, -0.05) is 33.8 Å². The second-order valence-electron chi connectivity index (χ2n) is 14.6. The van der Waals surface area contributed by atoms with Crippen molar-refractivity contribution >= 4 is 48.9 Å². The molecule has 0 unspecified atom stereocenters. The Morgan fingerprint density at radius 3 is 2.34 bits per heavy atom. The standard InChI is InChI=1S/C35H49FN6O4Si/c1-11-41(16-17-42(33(44)45)34(3,4)5)21-23-12-13-25-28(19-23)40-32(43)30-26(14-15-37-31(30)39-25)38-27-20-29(22(2)18-24(27)36)46-47(9,10)35(6,7)8/h12-15,18-20H,11,16-17,21H2,1-10H3,(H,40,43)(H,44,45)(H2,37,38,39). The van der Waals surface area contributed by atoms with Gasteiger partial charge in [0.1, 0.15) is 22.9 Å². The third-order valence-electron chi connectivity index (χ3n) is 9.00. The van der Waals surface area contributed by atoms with E-state index in [1.54, 1.807) is 18.3 Å². The number of aryl methyl sites for hydroxylation is 1. The minimum absolute atomic E-state index is 0.0366. The Bertz CT molecular complexity index is 1650. The van der Waals surface area contributed by atoms with Gasteiger partial charge in [0, 0.05) is 37.4 Å². The number of hydrogen-bond donors (Lipinski definition) is 4. The summed E-state index contributed by atoms with van der Waals surface area (Å²) in [4.78, 5) is 33.5. The van der Waals surface area contributed by atoms with Crippen LogP contribution in [-0.2, 0) is 6.54 Å². The molecule has 47 heavy (non-hydrogen) atoms. The molecule has 0 aliphatic carbocycles. The van der Waals surface area contributed by atoms with E-state index < -0.39 is 25.8 Å². The third-order valence-corrected chi connectivity index (χ3v) is 13.3. The lowest BCUT2D eigenvalue weighted by Gasteiger charge is -2.37. The Kier molecular flexibility index (Phi) is 10.3. The van der Waals surface area contributed by atoms with Crippen molar-refractivity contribution in [1.82, 2.24) is 14.8 Å². The molecule has 0 atom stereocenters. The van der Waals surface area contributed by atoms with Crippen molar-refractivity contribution in [3.8, 4) is 5.75 Å². The first-order chi connectivity index (χ1) is 21.8. The molecule has 0 saturated carbocycles. The van der Waals surface area contributed by atoms with Crippen LogP contribution in [0, 0.1) is 12.7 Å². The van der Waals surface area contributed by atoms with Gasteiger partial charge in [-0.2, -0.15) is 0 Å². The molecule has 2 heterocycles. The first-order valence-electron chi connectivity index (χ1n) is 16.0. The Morgan fingerprint density at radius 1 is 1.02 bits per heavy atom. The number of fused-ring (bicyclic) bond motifs is 2. The first kappa shape index (κ1) is 35.7. The number of amides is 2. The number of rotatable bonds is 10. The fourth-order valence-electron chi connectivity index (χ4n) is 5.10. The molecule has 3 aromatic rings. The van der Waals surface area contributed by atoms with Crippen LogP contribution in [0.15, 0.2) is 42.6 Å². The van der Waals surface area contributed by atoms with Crippen LogP contribution in [-0.4, -0.2) is 65.4 Å². The monoisotopic (exact) mass is 664 g/mol. The molecular weight excluding hydrogens is 616 g/mol. The number of hydrogen-bond acceptors (Lipinski definition) is 7. The van der Waals surface area contributed by atoms with Gasteiger partial charge in [0.2, 0.25) is 8.32 Å². The maximum atomic E-state index is 15.3. The van der Waals surface area contributed by atoms with Gasteiger partial charge in [0.05, 0.1) is 22.7 Å². The molecule has 2 aromatic carbocycles. The lowest BCUT2D eigenvalue weighted by atomic mass is 10.1. The average molecular weight is 665 g/mol. The number of nitrogens with one attached hydrogen (secondary N) is 3. The van der Waals surface area contributed by atoms with Crippen molar-refractivity contribution in [2.45, 2.75) is 85.6 Å². The molecule has 1 aliphatic rings. The van der Waals surface area contributed by atoms with E-state index in [-0.39, 0.29) is 22.2 Å². The van der Waals surface area contributed by atoms with Crippen molar-refractivity contribution in [3.63, 3.8) is 0 Å². The van der Waals surface area contributed by atoms with Gasteiger partial charge >= 0.3 is 6.09 Å². The summed E-state index contributed by atoms with van der Waals surface area (Å²) in [6.07, 6.45) is 0.622. The summed E-state index contributed by atoms with van der Waals surface area (Å²) in [6.45, 7) is 22.5. The molecule has 0 radical (unpaired) electrons. The molecule has 0 spiro atoms. The van der Waals surface area contributed by atoms with Crippen molar-refractivity contribution in [2.75, 3.05) is 35.6 Å². The highest BCUT2D eigenvalue weighted by Crippen LogP contribution is 2.40. The van der Waals surface area contributed by atoms with Crippen LogP contribution < -0.4 is 20.4 Å². The number of pyridine rings is 1. The van der Waals surface area contributed by atoms with Crippen molar-refractivity contribution < 1.29 is 23.5 Å². The summed E-state index contributed by atoms with van der Waals surface area (Å²) in [7, 11) is -2.19. The Labute approximate surface area is 278 Å². The van der Waals surface area contributed by atoms with Crippen molar-refractivity contribution in [1.29, 1.82) is 0 Å². The highest BCUT2D eigenvalue weighted by molar-refractivity contribution is 6.74. The fourth-order valence-corrected chi connectivity index (χ4v) is 6.18. The number of benzene rings is 2. The van der Waals surface area contributed by atoms with Crippen LogP contribution in [0.1, 0.15) is 70.0 Å². The average Bonchev–Trinajstić information content (AvgIpc) is 3.09. The van der Waals surface area contributed by atoms with Crippen LogP contribution in [0.3, 0.4) is 0 Å². The van der Waals surface area contributed by atoms with Crippen LogP contribution in [0.2, 0.25) is 18.1 Å². The number of carboxylic acid groups (broad SMARTS) is 1. The molecule has 1 aromatic heterocycles. The molecule has 12 heteroatoms. The highest BCUT2D eigenvalue weighted by atomic mass is 28.4. The Balaban J connectivity index is 1.56. The molecular formula is C35H49FN6O4Si. The lowest BCUT2D eigenvalue weighted by Crippen LogP contribution is -2.48. The SMILES string of the molecule is CCN(CCN(C(=O)O)C(C)(C)C)Cc1ccc2c(c1)NC(=O)c1c(Nc3cc(O[Si](C)(C)C(C)(C)C)c(C)cc3F)ccnc1N2. The molecule has 1 aliphatic heterocycles. The predicted molar refractivity (Wildman–Crippen MR) is 190 cm³/mol. The number of carbonyl (C=O) groups excluding carboxylic acids is 1. The second kappa shape index (κ2) is 13.5. The maximum Gasteiger partial charge on any atom is 0.407 e. The molecule has 4 rings (SSSR count). The third kappa shape index (κ3) is 8.23. The molecule has 2 amide bonds. The van der Waals surface area contributed by atoms with E-state index in [0.717, 1.165) is 12.1 Å². The van der Waals surface area contributed by atoms with E-state index in [2.05, 4.69) is 59.7 Å². The molecule has 10 nitrogen and oxygen atoms in total. The van der Waals surface area contributed by atoms with Crippen molar-refractivity contribution in [3.05, 3.63) is 65.1 Å². The summed E-state index contributed by atoms with van der Waals surface area (Å²) < 4.78 is 21.8. The van der Waals surface area contributed by atoms with Gasteiger partial charge in [0.15, 0.2) is 0 Å². The highest BCUT2D eigenvalue weighted by Gasteiger charge is 2.39. The van der Waals surface area contributed by atoms with Crippen LogP contribution in [0.4, 0.5) is 37.8 Å². The molecule has 4 N–H and O–H groups in total. The van der Waals surface area contributed by atoms with Gasteiger partial charge in [-0.3, -0.25) is 9.69 Å². The minimum atomic E-state index is -2.19. The predicted octanol–water partition coefficient (Wildman–Crippen LogP) is 8.57. The lowest BCUT2D eigenvalue weighted by molar-refractivity contribution is 0.0906. The molecule has 0 saturated heterocycles. The smallest absolute Gasteiger partial charge is 0.407 e. The second-order valence-corrected chi connectivity index (χ2v) is 19.3. The van der Waals surface area contributed by atoms with E-state index in [9.17, 15) is 14.7 Å². The summed E-state index contributed by atoms with van der Waals surface area (Å²) in [6, 6.07) is 10.5. The van der Waals surface area contributed by atoms with E-state index >= 15 is 4.39 Å². The number of likely N-dealkylation sites (N-methyl/N-ethyl adjacent to an activating group) is 1. The van der Waals surface area contributed by atoms with Gasteiger partial charge in [-0.25, -0.2) is 14.2 Å². The van der Waals surface area contributed by atoms with Crippen molar-refractivity contribution in [2.24, 2.45) is 0 Å². The maximum absolute atomic E-state index is 15.3. The van der Waals surface area contributed by atoms with E-state index in [4.69, 9.17) is 4.43 Å². The minimum Gasteiger partial charge on any atom is -0.543 e. The first-order valence-corrected chi connectivity index (χ1v) is 18.9. The Morgan fingerprint density at radius 2 is 1.72 bits per heavy atom. The number of carbonyl (C=O) groups is 2. The van der Waals surface area contributed by atoms with Gasteiger partial charge < -0.3 is 30.4 Å². The normalized spacial score (nSPS) is 13.2. The number of halogens is 1. The van der Waals surface area contributed by atoms with Gasteiger partial charge in [-0.05, 0) is 87.8 Å². The van der Waals surface area contributed by atoms with E-state index in [1.807, 2.05) is 52.8 Å². The topological polar surface area (TPSA) is 119 Å². The zero-order chi connectivity index (χ0) is 34.9.